The van der Waals surface area contributed by atoms with Gasteiger partial charge in [0.1, 0.15) is 0 Å². The summed E-state index contributed by atoms with van der Waals surface area (Å²) >= 11 is 1.88. The number of anilines is 3. The van der Waals surface area contributed by atoms with Crippen molar-refractivity contribution in [2.24, 2.45) is 0 Å². The van der Waals surface area contributed by atoms with E-state index in [9.17, 15) is 0 Å². The first-order chi connectivity index (χ1) is 23.8. The van der Waals surface area contributed by atoms with E-state index in [1.54, 1.807) is 0 Å². The summed E-state index contributed by atoms with van der Waals surface area (Å²) in [6.07, 6.45) is 0. The molecule has 0 aliphatic heterocycles. The second-order valence-corrected chi connectivity index (χ2v) is 13.2. The van der Waals surface area contributed by atoms with E-state index < -0.39 is 0 Å². The zero-order valence-electron chi connectivity index (χ0n) is 26.3. The number of thiophene rings is 1. The van der Waals surface area contributed by atoms with Gasteiger partial charge in [-0.25, -0.2) is 0 Å². The highest BCUT2D eigenvalue weighted by atomic mass is 32.1. The Kier molecular flexibility index (Phi) is 7.07. The summed E-state index contributed by atoms with van der Waals surface area (Å²) in [7, 11) is 0. The molecule has 1 nitrogen and oxygen atoms in total. The fourth-order valence-electron chi connectivity index (χ4n) is 6.99. The van der Waals surface area contributed by atoms with Gasteiger partial charge in [-0.3, -0.25) is 0 Å². The molecule has 0 spiro atoms. The van der Waals surface area contributed by atoms with Crippen molar-refractivity contribution in [2.45, 2.75) is 0 Å². The summed E-state index contributed by atoms with van der Waals surface area (Å²) in [6, 6.07) is 68.1. The van der Waals surface area contributed by atoms with Gasteiger partial charge in [0.2, 0.25) is 0 Å². The molecule has 9 rings (SSSR count). The molecule has 0 unspecified atom stereocenters. The van der Waals surface area contributed by atoms with Crippen LogP contribution in [0.3, 0.4) is 0 Å². The van der Waals surface area contributed by atoms with Crippen LogP contribution >= 0.6 is 11.3 Å². The predicted molar refractivity (Wildman–Crippen MR) is 208 cm³/mol. The van der Waals surface area contributed by atoms with Gasteiger partial charge in [-0.1, -0.05) is 146 Å². The average Bonchev–Trinajstić information content (AvgIpc) is 3.55. The quantitative estimate of drug-likeness (QED) is 0.177. The van der Waals surface area contributed by atoms with Crippen LogP contribution in [0.4, 0.5) is 17.1 Å². The summed E-state index contributed by atoms with van der Waals surface area (Å²) < 4.78 is 2.65. The fourth-order valence-corrected chi connectivity index (χ4v) is 8.23. The zero-order chi connectivity index (χ0) is 31.9. The lowest BCUT2D eigenvalue weighted by Gasteiger charge is -2.28. The van der Waals surface area contributed by atoms with E-state index in [-0.39, 0.29) is 0 Å². The van der Waals surface area contributed by atoms with E-state index in [1.165, 1.54) is 64.3 Å². The molecule has 0 bridgehead atoms. The van der Waals surface area contributed by atoms with Crippen molar-refractivity contribution < 1.29 is 0 Å². The van der Waals surface area contributed by atoms with E-state index in [1.807, 2.05) is 11.3 Å². The molecule has 48 heavy (non-hydrogen) atoms. The minimum atomic E-state index is 1.11. The molecular formula is C46H31NS. The van der Waals surface area contributed by atoms with Gasteiger partial charge >= 0.3 is 0 Å². The van der Waals surface area contributed by atoms with Crippen LogP contribution in [0.5, 0.6) is 0 Å². The highest BCUT2D eigenvalue weighted by molar-refractivity contribution is 7.26. The third-order valence-corrected chi connectivity index (χ3v) is 10.5. The number of para-hydroxylation sites is 1. The number of hydrogen-bond acceptors (Lipinski definition) is 2. The van der Waals surface area contributed by atoms with Crippen molar-refractivity contribution in [1.29, 1.82) is 0 Å². The standard InChI is InChI=1S/C46H31NS/c1-3-13-33(14-4-1)43-31-35(40-22-12-23-42-41-20-9-10-24-45(41)48-46(40)42)27-30-44(43)47(36-17-5-2-6-18-36)37-28-25-34(26-29-37)39-21-11-16-32-15-7-8-19-38(32)39/h1-31H. The second kappa shape index (κ2) is 12.0. The first kappa shape index (κ1) is 28.3. The second-order valence-electron chi connectivity index (χ2n) is 12.1. The van der Waals surface area contributed by atoms with E-state index in [4.69, 9.17) is 0 Å². The molecule has 0 atom stereocenters. The number of rotatable bonds is 6. The largest absolute Gasteiger partial charge is 0.310 e. The Balaban J connectivity index is 1.22. The van der Waals surface area contributed by atoms with Crippen molar-refractivity contribution in [1.82, 2.24) is 0 Å². The van der Waals surface area contributed by atoms with E-state index in [0.29, 0.717) is 0 Å². The Bertz CT molecular complexity index is 2540. The Morgan fingerprint density at radius 1 is 0.354 bits per heavy atom. The van der Waals surface area contributed by atoms with Crippen LogP contribution < -0.4 is 4.90 Å². The summed E-state index contributed by atoms with van der Waals surface area (Å²) in [5.41, 5.74) is 10.7. The summed E-state index contributed by atoms with van der Waals surface area (Å²) in [5, 5.41) is 5.16. The van der Waals surface area contributed by atoms with Crippen molar-refractivity contribution in [3.8, 4) is 33.4 Å². The van der Waals surface area contributed by atoms with Crippen LogP contribution in [-0.2, 0) is 0 Å². The molecule has 0 saturated carbocycles. The minimum Gasteiger partial charge on any atom is -0.310 e. The van der Waals surface area contributed by atoms with Gasteiger partial charge in [0, 0.05) is 37.1 Å². The molecule has 9 aromatic rings. The Labute approximate surface area is 284 Å². The molecule has 0 radical (unpaired) electrons. The van der Waals surface area contributed by atoms with E-state index in [2.05, 4.69) is 193 Å². The smallest absolute Gasteiger partial charge is 0.0540 e. The van der Waals surface area contributed by atoms with Gasteiger partial charge < -0.3 is 4.90 Å². The summed E-state index contributed by atoms with van der Waals surface area (Å²) in [4.78, 5) is 2.39. The Morgan fingerprint density at radius 3 is 1.77 bits per heavy atom. The predicted octanol–water partition coefficient (Wildman–Crippen LogP) is 13.7. The number of nitrogens with zero attached hydrogens (tertiary/aromatic N) is 1. The van der Waals surface area contributed by atoms with Crippen LogP contribution in [-0.4, -0.2) is 0 Å². The van der Waals surface area contributed by atoms with Crippen molar-refractivity contribution in [3.05, 3.63) is 188 Å². The maximum Gasteiger partial charge on any atom is 0.0540 e. The third kappa shape index (κ3) is 4.95. The normalized spacial score (nSPS) is 11.3. The van der Waals surface area contributed by atoms with Crippen LogP contribution in [0.25, 0.3) is 64.3 Å². The molecule has 0 fully saturated rings. The SMILES string of the molecule is c1ccc(-c2cc(-c3cccc4c3sc3ccccc34)ccc2N(c2ccccc2)c2ccc(-c3cccc4ccccc34)cc2)cc1. The van der Waals surface area contributed by atoms with Crippen LogP contribution in [0, 0.1) is 0 Å². The molecule has 226 valence electrons. The van der Waals surface area contributed by atoms with Crippen LogP contribution in [0.2, 0.25) is 0 Å². The van der Waals surface area contributed by atoms with Crippen molar-refractivity contribution >= 4 is 59.3 Å². The Morgan fingerprint density at radius 2 is 0.938 bits per heavy atom. The lowest BCUT2D eigenvalue weighted by Crippen LogP contribution is -2.11. The van der Waals surface area contributed by atoms with Gasteiger partial charge in [-0.2, -0.15) is 0 Å². The lowest BCUT2D eigenvalue weighted by atomic mass is 9.95. The first-order valence-electron chi connectivity index (χ1n) is 16.4. The molecule has 0 saturated heterocycles. The molecule has 0 amide bonds. The van der Waals surface area contributed by atoms with Gasteiger partial charge in [0.05, 0.1) is 5.69 Å². The van der Waals surface area contributed by atoms with Crippen molar-refractivity contribution in [3.63, 3.8) is 0 Å². The van der Waals surface area contributed by atoms with Crippen LogP contribution in [0.15, 0.2) is 188 Å². The van der Waals surface area contributed by atoms with Crippen molar-refractivity contribution in [2.75, 3.05) is 4.90 Å². The number of fused-ring (bicyclic) bond motifs is 4. The number of hydrogen-bond donors (Lipinski definition) is 0. The zero-order valence-corrected chi connectivity index (χ0v) is 27.1. The summed E-state index contributed by atoms with van der Waals surface area (Å²) in [5.74, 6) is 0. The van der Waals surface area contributed by atoms with E-state index in [0.717, 1.165) is 17.1 Å². The molecule has 2 heteroatoms. The molecule has 1 heterocycles. The van der Waals surface area contributed by atoms with Crippen LogP contribution in [0.1, 0.15) is 0 Å². The first-order valence-corrected chi connectivity index (χ1v) is 17.2. The topological polar surface area (TPSA) is 3.24 Å². The highest BCUT2D eigenvalue weighted by Gasteiger charge is 2.19. The molecule has 0 N–H and O–H groups in total. The lowest BCUT2D eigenvalue weighted by molar-refractivity contribution is 1.28. The van der Waals surface area contributed by atoms with Gasteiger partial charge in [-0.05, 0) is 81.1 Å². The highest BCUT2D eigenvalue weighted by Crippen LogP contribution is 2.45. The Hall–Kier alpha value is -5.96. The molecule has 0 aliphatic rings. The average molecular weight is 630 g/mol. The van der Waals surface area contributed by atoms with Gasteiger partial charge in [0.15, 0.2) is 0 Å². The van der Waals surface area contributed by atoms with E-state index >= 15 is 0 Å². The fraction of sp³-hybridized carbons (Fsp3) is 0. The van der Waals surface area contributed by atoms with Gasteiger partial charge in [-0.15, -0.1) is 11.3 Å². The maximum atomic E-state index is 2.39. The third-order valence-electron chi connectivity index (χ3n) is 9.28. The summed E-state index contributed by atoms with van der Waals surface area (Å²) in [6.45, 7) is 0. The molecule has 8 aromatic carbocycles. The minimum absolute atomic E-state index is 1.11. The molecule has 1 aromatic heterocycles. The molecule has 0 aliphatic carbocycles. The number of benzene rings is 8. The molecular weight excluding hydrogens is 599 g/mol. The maximum absolute atomic E-state index is 2.39. The van der Waals surface area contributed by atoms with Gasteiger partial charge in [0.25, 0.3) is 0 Å². The monoisotopic (exact) mass is 629 g/mol.